The van der Waals surface area contributed by atoms with Crippen LogP contribution in [-0.2, 0) is 6.18 Å². The third-order valence-corrected chi connectivity index (χ3v) is 2.91. The highest BCUT2D eigenvalue weighted by molar-refractivity contribution is 7.80. The number of nitro groups is 1. The Labute approximate surface area is 117 Å². The maximum atomic E-state index is 12.6. The predicted molar refractivity (Wildman–Crippen MR) is 67.5 cm³/mol. The summed E-state index contributed by atoms with van der Waals surface area (Å²) in [6.07, 6.45) is -7.54. The van der Waals surface area contributed by atoms with E-state index in [0.717, 1.165) is 6.07 Å². The summed E-state index contributed by atoms with van der Waals surface area (Å²) in [4.78, 5) is 9.51. The van der Waals surface area contributed by atoms with E-state index in [-0.39, 0.29) is 17.7 Å². The summed E-state index contributed by atoms with van der Waals surface area (Å²) in [6, 6.07) is 2.04. The van der Waals surface area contributed by atoms with Gasteiger partial charge in [0.2, 0.25) is 0 Å². The molecule has 0 fully saturated rings. The van der Waals surface area contributed by atoms with E-state index in [9.17, 15) is 33.5 Å². The summed E-state index contributed by atoms with van der Waals surface area (Å²) >= 11 is 3.85. The molecule has 0 aliphatic carbocycles. The van der Waals surface area contributed by atoms with Crippen molar-refractivity contribution in [3.05, 3.63) is 39.4 Å². The Bertz CT molecular complexity index is 495. The molecule has 0 aliphatic rings. The second-order valence-corrected chi connectivity index (χ2v) is 4.50. The van der Waals surface area contributed by atoms with Crippen LogP contribution in [0, 0.1) is 10.1 Å². The smallest absolute Gasteiger partial charge is 0.390 e. The van der Waals surface area contributed by atoms with Crippen LogP contribution in [0.1, 0.15) is 23.7 Å². The van der Waals surface area contributed by atoms with Gasteiger partial charge in [0.1, 0.15) is 11.7 Å². The molecule has 1 aromatic carbocycles. The van der Waals surface area contributed by atoms with Crippen LogP contribution >= 0.6 is 12.6 Å². The van der Waals surface area contributed by atoms with Gasteiger partial charge in [-0.3, -0.25) is 10.1 Å². The molecular weight excluding hydrogens is 299 g/mol. The minimum absolute atomic E-state index is 0.0963. The molecule has 0 aliphatic heterocycles. The number of aliphatic hydroxyl groups excluding tert-OH is 2. The van der Waals surface area contributed by atoms with Crippen molar-refractivity contribution < 1.29 is 28.3 Å². The fraction of sp³-hybridized carbons (Fsp3) is 0.455. The van der Waals surface area contributed by atoms with E-state index in [1.807, 2.05) is 0 Å². The van der Waals surface area contributed by atoms with Gasteiger partial charge in [-0.1, -0.05) is 6.07 Å². The van der Waals surface area contributed by atoms with Crippen LogP contribution < -0.4 is 0 Å². The number of nitrogens with zero attached hydrogens (tertiary/aromatic N) is 1. The van der Waals surface area contributed by atoms with E-state index >= 15 is 0 Å². The number of hydrogen-bond donors (Lipinski definition) is 3. The molecule has 0 aromatic heterocycles. The van der Waals surface area contributed by atoms with Gasteiger partial charge in [0.05, 0.1) is 11.0 Å². The molecule has 0 spiro atoms. The highest BCUT2D eigenvalue weighted by atomic mass is 32.1. The third-order valence-electron chi connectivity index (χ3n) is 2.65. The van der Waals surface area contributed by atoms with E-state index in [2.05, 4.69) is 12.6 Å². The topological polar surface area (TPSA) is 83.6 Å². The first kappa shape index (κ1) is 16.7. The van der Waals surface area contributed by atoms with Crippen LogP contribution in [0.4, 0.5) is 18.9 Å². The molecule has 20 heavy (non-hydrogen) atoms. The zero-order valence-electron chi connectivity index (χ0n) is 10.0. The summed E-state index contributed by atoms with van der Waals surface area (Å²) in [6.45, 7) is 0. The molecule has 0 radical (unpaired) electrons. The molecule has 0 saturated heterocycles. The first-order chi connectivity index (χ1) is 9.18. The second kappa shape index (κ2) is 6.42. The van der Waals surface area contributed by atoms with Gasteiger partial charge < -0.3 is 10.2 Å². The van der Waals surface area contributed by atoms with E-state index in [4.69, 9.17) is 0 Å². The number of benzene rings is 1. The zero-order chi connectivity index (χ0) is 15.5. The number of alkyl halides is 3. The standard InChI is InChI=1S/C11H12F3NO4S/c12-11(13,14)7-2-1-6(5-8(7)15(18)19)10(17)9(16)3-4-20/h1-2,5,9-10,16-17,20H,3-4H2. The van der Waals surface area contributed by atoms with Crippen molar-refractivity contribution in [1.82, 2.24) is 0 Å². The van der Waals surface area contributed by atoms with Gasteiger partial charge in [-0.25, -0.2) is 0 Å². The van der Waals surface area contributed by atoms with Crippen molar-refractivity contribution >= 4 is 18.3 Å². The number of hydrogen-bond acceptors (Lipinski definition) is 5. The van der Waals surface area contributed by atoms with E-state index in [1.54, 1.807) is 0 Å². The highest BCUT2D eigenvalue weighted by Gasteiger charge is 2.38. The molecule has 1 aromatic rings. The summed E-state index contributed by atoms with van der Waals surface area (Å²) in [7, 11) is 0. The molecule has 9 heteroatoms. The molecule has 112 valence electrons. The predicted octanol–water partition coefficient (Wildman–Crippen LogP) is 2.33. The lowest BCUT2D eigenvalue weighted by Gasteiger charge is -2.18. The summed E-state index contributed by atoms with van der Waals surface area (Å²) in [5.74, 6) is 0.251. The van der Waals surface area contributed by atoms with Crippen molar-refractivity contribution in [2.45, 2.75) is 24.8 Å². The maximum absolute atomic E-state index is 12.6. The molecule has 2 atom stereocenters. The van der Waals surface area contributed by atoms with Crippen LogP contribution in [0.25, 0.3) is 0 Å². The number of aliphatic hydroxyl groups is 2. The molecular formula is C11H12F3NO4S. The Morgan fingerprint density at radius 2 is 1.95 bits per heavy atom. The Morgan fingerprint density at radius 1 is 1.35 bits per heavy atom. The SMILES string of the molecule is O=[N+]([O-])c1cc(C(O)C(O)CCS)ccc1C(F)(F)F. The fourth-order valence-electron chi connectivity index (χ4n) is 1.64. The number of rotatable bonds is 5. The summed E-state index contributed by atoms with van der Waals surface area (Å²) in [5.41, 5.74) is -2.71. The number of halogens is 3. The fourth-order valence-corrected chi connectivity index (χ4v) is 1.90. The van der Waals surface area contributed by atoms with Crippen molar-refractivity contribution in [3.8, 4) is 0 Å². The Balaban J connectivity index is 3.20. The number of thiol groups is 1. The Hall–Kier alpha value is -1.32. The van der Waals surface area contributed by atoms with Crippen LogP contribution in [0.2, 0.25) is 0 Å². The Morgan fingerprint density at radius 3 is 2.40 bits per heavy atom. The largest absolute Gasteiger partial charge is 0.422 e. The molecule has 0 saturated carbocycles. The first-order valence-corrected chi connectivity index (χ1v) is 6.14. The minimum atomic E-state index is -4.87. The van der Waals surface area contributed by atoms with Crippen LogP contribution in [0.5, 0.6) is 0 Å². The summed E-state index contributed by atoms with van der Waals surface area (Å²) in [5, 5.41) is 30.0. The van der Waals surface area contributed by atoms with Gasteiger partial charge in [-0.15, -0.1) is 0 Å². The normalized spacial score (nSPS) is 14.9. The van der Waals surface area contributed by atoms with Crippen LogP contribution in [0.15, 0.2) is 18.2 Å². The lowest BCUT2D eigenvalue weighted by molar-refractivity contribution is -0.388. The third kappa shape index (κ3) is 3.84. The van der Waals surface area contributed by atoms with Crippen LogP contribution in [0.3, 0.4) is 0 Å². The molecule has 0 heterocycles. The zero-order valence-corrected chi connectivity index (χ0v) is 10.9. The van der Waals surface area contributed by atoms with Crippen molar-refractivity contribution in [2.24, 2.45) is 0 Å². The molecule has 0 bridgehead atoms. The maximum Gasteiger partial charge on any atom is 0.422 e. The van der Waals surface area contributed by atoms with E-state index < -0.39 is 34.6 Å². The molecule has 5 nitrogen and oxygen atoms in total. The number of nitro benzene ring substituents is 1. The van der Waals surface area contributed by atoms with Crippen molar-refractivity contribution in [1.29, 1.82) is 0 Å². The van der Waals surface area contributed by atoms with E-state index in [1.165, 1.54) is 0 Å². The minimum Gasteiger partial charge on any atom is -0.390 e. The quantitative estimate of drug-likeness (QED) is 0.443. The van der Waals surface area contributed by atoms with Gasteiger partial charge in [0.25, 0.3) is 5.69 Å². The first-order valence-electron chi connectivity index (χ1n) is 5.51. The lowest BCUT2D eigenvalue weighted by Crippen LogP contribution is -2.19. The van der Waals surface area contributed by atoms with Gasteiger partial charge in [-0.2, -0.15) is 25.8 Å². The van der Waals surface area contributed by atoms with Crippen molar-refractivity contribution in [2.75, 3.05) is 5.75 Å². The highest BCUT2D eigenvalue weighted by Crippen LogP contribution is 2.37. The van der Waals surface area contributed by atoms with Gasteiger partial charge in [-0.05, 0) is 23.8 Å². The summed E-state index contributed by atoms with van der Waals surface area (Å²) < 4.78 is 37.8. The van der Waals surface area contributed by atoms with Crippen LogP contribution in [-0.4, -0.2) is 27.0 Å². The van der Waals surface area contributed by atoms with Gasteiger partial charge >= 0.3 is 6.18 Å². The molecule has 2 N–H and O–H groups in total. The van der Waals surface area contributed by atoms with Gasteiger partial charge in [0.15, 0.2) is 0 Å². The average molecular weight is 311 g/mol. The Kier molecular flexibility index (Phi) is 5.37. The molecule has 0 amide bonds. The average Bonchev–Trinajstić information content (AvgIpc) is 2.36. The van der Waals surface area contributed by atoms with Gasteiger partial charge in [0, 0.05) is 6.07 Å². The molecule has 2 unspecified atom stereocenters. The molecule has 1 rings (SSSR count). The second-order valence-electron chi connectivity index (χ2n) is 4.06. The monoisotopic (exact) mass is 311 g/mol. The van der Waals surface area contributed by atoms with E-state index in [0.29, 0.717) is 12.1 Å². The van der Waals surface area contributed by atoms with Crippen molar-refractivity contribution in [3.63, 3.8) is 0 Å². The lowest BCUT2D eigenvalue weighted by atomic mass is 10.00.